The maximum atomic E-state index is 13.1. The molecule has 0 atom stereocenters. The maximum Gasteiger partial charge on any atom is 0.257 e. The highest BCUT2D eigenvalue weighted by atomic mass is 19.1. The van der Waals surface area contributed by atoms with Crippen LogP contribution in [0.1, 0.15) is 10.4 Å². The SMILES string of the molecule is O=C(Nc1ccc(N2CCN(c3ccc(F)cc3)CC2)cc1)c1cccnc1. The molecule has 0 unspecified atom stereocenters. The Hall–Kier alpha value is -3.41. The zero-order valence-corrected chi connectivity index (χ0v) is 15.4. The largest absolute Gasteiger partial charge is 0.368 e. The van der Waals surface area contributed by atoms with Crippen molar-refractivity contribution in [1.82, 2.24) is 4.98 Å². The van der Waals surface area contributed by atoms with Crippen LogP contribution in [0.15, 0.2) is 73.1 Å². The number of nitrogens with one attached hydrogen (secondary N) is 1. The number of halogens is 1. The molecule has 0 saturated carbocycles. The van der Waals surface area contributed by atoms with Crippen molar-refractivity contribution in [2.45, 2.75) is 0 Å². The van der Waals surface area contributed by atoms with E-state index < -0.39 is 0 Å². The van der Waals surface area contributed by atoms with Crippen molar-refractivity contribution in [3.8, 4) is 0 Å². The van der Waals surface area contributed by atoms with Crippen molar-refractivity contribution in [3.63, 3.8) is 0 Å². The Bertz CT molecular complexity index is 921. The Morgan fingerprint density at radius 3 is 1.96 bits per heavy atom. The first-order valence-corrected chi connectivity index (χ1v) is 9.26. The van der Waals surface area contributed by atoms with Crippen LogP contribution >= 0.6 is 0 Å². The number of rotatable bonds is 4. The molecule has 1 amide bonds. The standard InChI is InChI=1S/C22H21FN4O/c23-18-3-7-20(8-4-18)26-12-14-27(15-13-26)21-9-5-19(6-10-21)25-22(28)17-2-1-11-24-16-17/h1-11,16H,12-15H2,(H,25,28). The molecule has 1 aliphatic heterocycles. The summed E-state index contributed by atoms with van der Waals surface area (Å²) in [5.74, 6) is -0.383. The maximum absolute atomic E-state index is 13.1. The summed E-state index contributed by atoms with van der Waals surface area (Å²) < 4.78 is 13.1. The van der Waals surface area contributed by atoms with Crippen LogP contribution in [0.2, 0.25) is 0 Å². The lowest BCUT2D eigenvalue weighted by Gasteiger charge is -2.37. The normalized spacial score (nSPS) is 14.0. The number of hydrogen-bond acceptors (Lipinski definition) is 4. The van der Waals surface area contributed by atoms with Gasteiger partial charge in [0.05, 0.1) is 5.56 Å². The summed E-state index contributed by atoms with van der Waals surface area (Å²) in [6, 6.07) is 18.0. The van der Waals surface area contributed by atoms with Crippen molar-refractivity contribution in [1.29, 1.82) is 0 Å². The van der Waals surface area contributed by atoms with Gasteiger partial charge in [-0.3, -0.25) is 9.78 Å². The molecule has 0 spiro atoms. The molecule has 5 nitrogen and oxygen atoms in total. The third-order valence-corrected chi connectivity index (χ3v) is 4.89. The van der Waals surface area contributed by atoms with Crippen molar-refractivity contribution in [3.05, 3.63) is 84.4 Å². The fourth-order valence-corrected chi connectivity index (χ4v) is 3.33. The zero-order valence-electron chi connectivity index (χ0n) is 15.4. The molecular weight excluding hydrogens is 355 g/mol. The van der Waals surface area contributed by atoms with E-state index in [0.29, 0.717) is 5.56 Å². The Balaban J connectivity index is 1.34. The molecule has 142 valence electrons. The highest BCUT2D eigenvalue weighted by Crippen LogP contribution is 2.22. The Kier molecular flexibility index (Phi) is 5.19. The van der Waals surface area contributed by atoms with Crippen LogP contribution in [-0.4, -0.2) is 37.1 Å². The number of benzene rings is 2. The summed E-state index contributed by atoms with van der Waals surface area (Å²) in [5.41, 5.74) is 3.46. The van der Waals surface area contributed by atoms with Crippen molar-refractivity contribution >= 4 is 23.0 Å². The molecule has 3 aromatic rings. The lowest BCUT2D eigenvalue weighted by Crippen LogP contribution is -2.46. The minimum atomic E-state index is -0.210. The highest BCUT2D eigenvalue weighted by Gasteiger charge is 2.17. The first-order valence-electron chi connectivity index (χ1n) is 9.26. The number of anilines is 3. The first-order chi connectivity index (χ1) is 13.7. The van der Waals surface area contributed by atoms with E-state index in [9.17, 15) is 9.18 Å². The second-order valence-electron chi connectivity index (χ2n) is 6.69. The minimum absolute atomic E-state index is 0.172. The predicted octanol–water partition coefficient (Wildman–Crippen LogP) is 3.80. The van der Waals surface area contributed by atoms with Gasteiger partial charge in [-0.05, 0) is 60.7 Å². The van der Waals surface area contributed by atoms with Gasteiger partial charge in [-0.1, -0.05) is 0 Å². The smallest absolute Gasteiger partial charge is 0.257 e. The van der Waals surface area contributed by atoms with Crippen LogP contribution in [-0.2, 0) is 0 Å². The number of carbonyl (C=O) groups is 1. The molecule has 2 heterocycles. The number of hydrogen-bond donors (Lipinski definition) is 1. The second kappa shape index (κ2) is 8.08. The van der Waals surface area contributed by atoms with Gasteiger partial charge in [-0.15, -0.1) is 0 Å². The van der Waals surface area contributed by atoms with Crippen molar-refractivity contribution in [2.75, 3.05) is 41.3 Å². The summed E-state index contributed by atoms with van der Waals surface area (Å²) in [6.07, 6.45) is 3.19. The summed E-state index contributed by atoms with van der Waals surface area (Å²) >= 11 is 0. The van der Waals surface area contributed by atoms with E-state index in [4.69, 9.17) is 0 Å². The second-order valence-corrected chi connectivity index (χ2v) is 6.69. The van der Waals surface area contributed by atoms with E-state index in [1.165, 1.54) is 12.1 Å². The zero-order chi connectivity index (χ0) is 19.3. The van der Waals surface area contributed by atoms with Gasteiger partial charge in [0, 0.05) is 55.6 Å². The molecule has 28 heavy (non-hydrogen) atoms. The molecule has 0 aliphatic carbocycles. The van der Waals surface area contributed by atoms with Crippen molar-refractivity contribution < 1.29 is 9.18 Å². The van der Waals surface area contributed by atoms with Gasteiger partial charge in [0.2, 0.25) is 0 Å². The molecule has 4 rings (SSSR count). The third kappa shape index (κ3) is 4.11. The Labute approximate surface area is 163 Å². The molecule has 0 radical (unpaired) electrons. The molecule has 1 aliphatic rings. The van der Waals surface area contributed by atoms with Crippen LogP contribution in [0.3, 0.4) is 0 Å². The van der Waals surface area contributed by atoms with E-state index in [2.05, 4.69) is 20.1 Å². The number of nitrogens with zero attached hydrogens (tertiary/aromatic N) is 3. The molecule has 2 aromatic carbocycles. The van der Waals surface area contributed by atoms with E-state index >= 15 is 0 Å². The Morgan fingerprint density at radius 1 is 0.857 bits per heavy atom. The fraction of sp³-hybridized carbons (Fsp3) is 0.182. The molecule has 6 heteroatoms. The van der Waals surface area contributed by atoms with Gasteiger partial charge in [0.25, 0.3) is 5.91 Å². The van der Waals surface area contributed by atoms with E-state index in [-0.39, 0.29) is 11.7 Å². The predicted molar refractivity (Wildman–Crippen MR) is 109 cm³/mol. The Morgan fingerprint density at radius 2 is 1.43 bits per heavy atom. The van der Waals surface area contributed by atoms with E-state index in [1.807, 2.05) is 36.4 Å². The quantitative estimate of drug-likeness (QED) is 0.753. The fourth-order valence-electron chi connectivity index (χ4n) is 3.33. The molecular formula is C22H21FN4O. The molecule has 1 fully saturated rings. The van der Waals surface area contributed by atoms with Crippen LogP contribution in [0.25, 0.3) is 0 Å². The number of pyridine rings is 1. The lowest BCUT2D eigenvalue weighted by molar-refractivity contribution is 0.102. The van der Waals surface area contributed by atoms with E-state index in [1.54, 1.807) is 24.5 Å². The number of aromatic nitrogens is 1. The lowest BCUT2D eigenvalue weighted by atomic mass is 10.2. The van der Waals surface area contributed by atoms with Gasteiger partial charge in [-0.2, -0.15) is 0 Å². The molecule has 1 aromatic heterocycles. The summed E-state index contributed by atoms with van der Waals surface area (Å²) in [6.45, 7) is 3.54. The molecule has 0 bridgehead atoms. The average Bonchev–Trinajstić information content (AvgIpc) is 2.76. The third-order valence-electron chi connectivity index (χ3n) is 4.89. The number of carbonyl (C=O) groups excluding carboxylic acids is 1. The molecule has 1 saturated heterocycles. The monoisotopic (exact) mass is 376 g/mol. The van der Waals surface area contributed by atoms with Gasteiger partial charge in [0.15, 0.2) is 0 Å². The van der Waals surface area contributed by atoms with Crippen LogP contribution in [0, 0.1) is 5.82 Å². The van der Waals surface area contributed by atoms with Gasteiger partial charge < -0.3 is 15.1 Å². The van der Waals surface area contributed by atoms with Crippen LogP contribution < -0.4 is 15.1 Å². The van der Waals surface area contributed by atoms with Gasteiger partial charge in [0.1, 0.15) is 5.82 Å². The van der Waals surface area contributed by atoms with Crippen molar-refractivity contribution in [2.24, 2.45) is 0 Å². The topological polar surface area (TPSA) is 48.5 Å². The average molecular weight is 376 g/mol. The number of amides is 1. The molecule has 1 N–H and O–H groups in total. The van der Waals surface area contributed by atoms with Crippen LogP contribution in [0.4, 0.5) is 21.5 Å². The van der Waals surface area contributed by atoms with E-state index in [0.717, 1.165) is 43.2 Å². The van der Waals surface area contributed by atoms with Gasteiger partial charge >= 0.3 is 0 Å². The van der Waals surface area contributed by atoms with Crippen LogP contribution in [0.5, 0.6) is 0 Å². The summed E-state index contributed by atoms with van der Waals surface area (Å²) in [4.78, 5) is 20.7. The highest BCUT2D eigenvalue weighted by molar-refractivity contribution is 6.04. The first kappa shape index (κ1) is 18.0. The minimum Gasteiger partial charge on any atom is -0.368 e. The summed E-state index contributed by atoms with van der Waals surface area (Å²) in [5, 5.41) is 2.89. The van der Waals surface area contributed by atoms with Gasteiger partial charge in [-0.25, -0.2) is 4.39 Å². The number of piperazine rings is 1. The summed E-state index contributed by atoms with van der Waals surface area (Å²) in [7, 11) is 0.